The lowest BCUT2D eigenvalue weighted by molar-refractivity contribution is 0.123. The number of benzene rings is 1. The van der Waals surface area contributed by atoms with Crippen LogP contribution in [0.5, 0.6) is 5.75 Å². The average molecular weight is 165 g/mol. The molecule has 1 heterocycles. The maximum Gasteiger partial charge on any atom is 0.122 e. The first kappa shape index (κ1) is 7.58. The zero-order chi connectivity index (χ0) is 8.39. The van der Waals surface area contributed by atoms with E-state index in [2.05, 4.69) is 4.84 Å². The number of hydrogen-bond acceptors (Lipinski definition) is 3. The molecule has 0 saturated carbocycles. The molecule has 2 N–H and O–H groups in total. The third-order valence-electron chi connectivity index (χ3n) is 2.08. The molecule has 0 spiro atoms. The van der Waals surface area contributed by atoms with Gasteiger partial charge in [-0.25, -0.2) is 5.90 Å². The number of fused-ring (bicyclic) bond motifs is 1. The van der Waals surface area contributed by atoms with Crippen molar-refractivity contribution < 1.29 is 9.57 Å². The molecule has 0 fully saturated rings. The maximum atomic E-state index is 5.39. The summed E-state index contributed by atoms with van der Waals surface area (Å²) in [5.41, 5.74) is 2.37. The Morgan fingerprint density at radius 2 is 2.42 bits per heavy atom. The highest BCUT2D eigenvalue weighted by Gasteiger charge is 2.14. The quantitative estimate of drug-likeness (QED) is 0.665. The highest BCUT2D eigenvalue weighted by molar-refractivity contribution is 5.42. The molecule has 0 radical (unpaired) electrons. The van der Waals surface area contributed by atoms with E-state index in [0.29, 0.717) is 6.61 Å². The van der Waals surface area contributed by atoms with Crippen molar-refractivity contribution in [3.05, 3.63) is 29.3 Å². The second kappa shape index (κ2) is 3.13. The Bertz CT molecular complexity index is 286. The van der Waals surface area contributed by atoms with Crippen LogP contribution in [-0.2, 0) is 17.9 Å². The van der Waals surface area contributed by atoms with Crippen molar-refractivity contribution in [2.75, 3.05) is 6.61 Å². The van der Waals surface area contributed by atoms with Gasteiger partial charge in [0.25, 0.3) is 0 Å². The van der Waals surface area contributed by atoms with E-state index in [1.54, 1.807) is 0 Å². The summed E-state index contributed by atoms with van der Waals surface area (Å²) in [6.45, 7) is 1.24. The topological polar surface area (TPSA) is 44.5 Å². The van der Waals surface area contributed by atoms with Crippen molar-refractivity contribution in [3.8, 4) is 5.75 Å². The molecule has 1 aliphatic rings. The van der Waals surface area contributed by atoms with Crippen LogP contribution in [0, 0.1) is 0 Å². The Balaban J connectivity index is 2.36. The normalized spacial score (nSPS) is 14.1. The summed E-state index contributed by atoms with van der Waals surface area (Å²) in [6, 6.07) is 5.95. The van der Waals surface area contributed by atoms with Gasteiger partial charge in [-0.05, 0) is 11.6 Å². The Hall–Kier alpha value is -1.06. The van der Waals surface area contributed by atoms with Crippen molar-refractivity contribution >= 4 is 0 Å². The van der Waals surface area contributed by atoms with Gasteiger partial charge in [-0.1, -0.05) is 12.1 Å². The molecule has 3 nitrogen and oxygen atoms in total. The van der Waals surface area contributed by atoms with Gasteiger partial charge in [0.2, 0.25) is 0 Å². The third-order valence-corrected chi connectivity index (χ3v) is 2.08. The molecule has 0 unspecified atom stereocenters. The van der Waals surface area contributed by atoms with E-state index in [1.807, 2.05) is 18.2 Å². The molecule has 0 amide bonds. The van der Waals surface area contributed by atoms with Gasteiger partial charge in [0, 0.05) is 12.0 Å². The first-order valence-corrected chi connectivity index (χ1v) is 3.97. The molecule has 0 atom stereocenters. The van der Waals surface area contributed by atoms with Gasteiger partial charge < -0.3 is 4.74 Å². The van der Waals surface area contributed by atoms with E-state index in [4.69, 9.17) is 10.6 Å². The van der Waals surface area contributed by atoms with Crippen molar-refractivity contribution in [1.29, 1.82) is 0 Å². The standard InChI is InChI=1S/C9H11NO2/c10-12-6-7-2-1-3-9-8(7)4-5-11-9/h1-3H,4-6,10H2. The molecule has 1 aromatic rings. The number of rotatable bonds is 2. The van der Waals surface area contributed by atoms with Gasteiger partial charge in [0.15, 0.2) is 0 Å². The van der Waals surface area contributed by atoms with E-state index < -0.39 is 0 Å². The average Bonchev–Trinajstić information content (AvgIpc) is 2.53. The molecular formula is C9H11NO2. The van der Waals surface area contributed by atoms with Crippen LogP contribution in [0.4, 0.5) is 0 Å². The molecule has 0 aromatic heterocycles. The third kappa shape index (κ3) is 1.17. The van der Waals surface area contributed by atoms with Crippen molar-refractivity contribution in [2.45, 2.75) is 13.0 Å². The zero-order valence-corrected chi connectivity index (χ0v) is 6.75. The van der Waals surface area contributed by atoms with E-state index in [-0.39, 0.29) is 0 Å². The lowest BCUT2D eigenvalue weighted by atomic mass is 10.1. The Kier molecular flexibility index (Phi) is 1.98. The molecule has 1 aromatic carbocycles. The Labute approximate surface area is 71.0 Å². The minimum Gasteiger partial charge on any atom is -0.493 e. The predicted octanol–water partition coefficient (Wildman–Crippen LogP) is 1.01. The molecule has 0 aliphatic carbocycles. The van der Waals surface area contributed by atoms with E-state index in [0.717, 1.165) is 24.3 Å². The minimum absolute atomic E-state index is 0.465. The monoisotopic (exact) mass is 165 g/mol. The van der Waals surface area contributed by atoms with E-state index in [1.165, 1.54) is 5.56 Å². The van der Waals surface area contributed by atoms with Gasteiger partial charge in [0.05, 0.1) is 13.2 Å². The molecule has 1 aliphatic heterocycles. The number of hydrogen-bond donors (Lipinski definition) is 1. The molecule has 64 valence electrons. The van der Waals surface area contributed by atoms with Crippen LogP contribution >= 0.6 is 0 Å². The van der Waals surface area contributed by atoms with Crippen LogP contribution in [0.3, 0.4) is 0 Å². The minimum atomic E-state index is 0.465. The van der Waals surface area contributed by atoms with Gasteiger partial charge in [-0.15, -0.1) is 0 Å². The van der Waals surface area contributed by atoms with Crippen LogP contribution in [0.2, 0.25) is 0 Å². The predicted molar refractivity (Wildman–Crippen MR) is 44.6 cm³/mol. The van der Waals surface area contributed by atoms with Gasteiger partial charge in [0.1, 0.15) is 5.75 Å². The highest BCUT2D eigenvalue weighted by atomic mass is 16.6. The molecule has 3 heteroatoms. The lowest BCUT2D eigenvalue weighted by Crippen LogP contribution is -2.01. The van der Waals surface area contributed by atoms with Crippen LogP contribution in [0.15, 0.2) is 18.2 Å². The summed E-state index contributed by atoms with van der Waals surface area (Å²) >= 11 is 0. The lowest BCUT2D eigenvalue weighted by Gasteiger charge is -2.04. The Morgan fingerprint density at radius 1 is 1.50 bits per heavy atom. The number of nitrogens with two attached hydrogens (primary N) is 1. The van der Waals surface area contributed by atoms with E-state index >= 15 is 0 Å². The summed E-state index contributed by atoms with van der Waals surface area (Å²) in [5.74, 6) is 5.99. The molecule has 0 saturated heterocycles. The van der Waals surface area contributed by atoms with Crippen LogP contribution in [-0.4, -0.2) is 6.61 Å². The molecule has 2 rings (SSSR count). The van der Waals surface area contributed by atoms with Crippen molar-refractivity contribution in [1.82, 2.24) is 0 Å². The van der Waals surface area contributed by atoms with E-state index in [9.17, 15) is 0 Å². The van der Waals surface area contributed by atoms with Crippen LogP contribution in [0.1, 0.15) is 11.1 Å². The van der Waals surface area contributed by atoms with Gasteiger partial charge in [-0.3, -0.25) is 4.84 Å². The first-order chi connectivity index (χ1) is 5.92. The molecule has 0 bridgehead atoms. The summed E-state index contributed by atoms with van der Waals surface area (Å²) in [6.07, 6.45) is 0.967. The Morgan fingerprint density at radius 3 is 3.25 bits per heavy atom. The summed E-state index contributed by atoms with van der Waals surface area (Å²) in [4.78, 5) is 4.60. The SMILES string of the molecule is NOCc1cccc2c1CCO2. The maximum absolute atomic E-state index is 5.39. The van der Waals surface area contributed by atoms with Crippen LogP contribution in [0.25, 0.3) is 0 Å². The first-order valence-electron chi connectivity index (χ1n) is 3.97. The molecular weight excluding hydrogens is 154 g/mol. The molecule has 12 heavy (non-hydrogen) atoms. The summed E-state index contributed by atoms with van der Waals surface area (Å²) < 4.78 is 5.39. The number of ether oxygens (including phenoxy) is 1. The van der Waals surface area contributed by atoms with Gasteiger partial charge in [-0.2, -0.15) is 0 Å². The van der Waals surface area contributed by atoms with Crippen molar-refractivity contribution in [3.63, 3.8) is 0 Å². The fourth-order valence-corrected chi connectivity index (χ4v) is 1.52. The summed E-state index contributed by atoms with van der Waals surface area (Å²) in [7, 11) is 0. The fourth-order valence-electron chi connectivity index (χ4n) is 1.52. The summed E-state index contributed by atoms with van der Waals surface area (Å²) in [5, 5.41) is 0. The smallest absolute Gasteiger partial charge is 0.122 e. The van der Waals surface area contributed by atoms with Gasteiger partial charge >= 0.3 is 0 Å². The van der Waals surface area contributed by atoms with Crippen LogP contribution < -0.4 is 10.6 Å². The van der Waals surface area contributed by atoms with Crippen molar-refractivity contribution in [2.24, 2.45) is 5.90 Å². The second-order valence-corrected chi connectivity index (χ2v) is 2.80. The fraction of sp³-hybridized carbons (Fsp3) is 0.333. The largest absolute Gasteiger partial charge is 0.493 e. The second-order valence-electron chi connectivity index (χ2n) is 2.80. The highest BCUT2D eigenvalue weighted by Crippen LogP contribution is 2.28. The zero-order valence-electron chi connectivity index (χ0n) is 6.75.